The number of benzene rings is 3. The molecule has 0 aliphatic rings. The Hall–Kier alpha value is -4.52. The van der Waals surface area contributed by atoms with E-state index in [-0.39, 0.29) is 11.3 Å². The number of carbonyl (C=O) groups excluding carboxylic acids is 2. The van der Waals surface area contributed by atoms with Crippen LogP contribution in [0.15, 0.2) is 98.5 Å². The third-order valence-corrected chi connectivity index (χ3v) is 4.38. The van der Waals surface area contributed by atoms with Crippen molar-refractivity contribution in [2.75, 3.05) is 0 Å². The van der Waals surface area contributed by atoms with Crippen LogP contribution in [0, 0.1) is 11.6 Å². The van der Waals surface area contributed by atoms with Gasteiger partial charge in [-0.25, -0.2) is 18.4 Å². The average molecular weight is 448 g/mol. The van der Waals surface area contributed by atoms with Gasteiger partial charge in [-0.15, -0.1) is 0 Å². The van der Waals surface area contributed by atoms with E-state index in [2.05, 4.69) is 17.9 Å². The lowest BCUT2D eigenvalue weighted by molar-refractivity contribution is -0.132. The third kappa shape index (κ3) is 6.01. The van der Waals surface area contributed by atoms with Gasteiger partial charge in [0, 0.05) is 29.3 Å². The summed E-state index contributed by atoms with van der Waals surface area (Å²) in [4.78, 5) is 22.2. The van der Waals surface area contributed by atoms with Gasteiger partial charge in [0.05, 0.1) is 0 Å². The number of hydrogen-bond donors (Lipinski definition) is 0. The zero-order chi connectivity index (χ0) is 23.8. The van der Waals surface area contributed by atoms with Gasteiger partial charge in [0.15, 0.2) is 0 Å². The Labute approximate surface area is 188 Å². The molecule has 0 saturated heterocycles. The first-order chi connectivity index (χ1) is 15.9. The van der Waals surface area contributed by atoms with Crippen LogP contribution in [0.5, 0.6) is 11.5 Å². The van der Waals surface area contributed by atoms with E-state index >= 15 is 0 Å². The summed E-state index contributed by atoms with van der Waals surface area (Å²) < 4.78 is 44.1. The van der Waals surface area contributed by atoms with E-state index in [9.17, 15) is 18.4 Å². The van der Waals surface area contributed by atoms with E-state index in [1.54, 1.807) is 36.4 Å². The average Bonchev–Trinajstić information content (AvgIpc) is 2.82. The highest BCUT2D eigenvalue weighted by molar-refractivity contribution is 5.83. The molecule has 166 valence electrons. The van der Waals surface area contributed by atoms with Gasteiger partial charge in [0.2, 0.25) is 0 Å². The maximum Gasteiger partial charge on any atom is 0.335 e. The lowest BCUT2D eigenvalue weighted by Gasteiger charge is -2.09. The van der Waals surface area contributed by atoms with Gasteiger partial charge in [-0.05, 0) is 41.5 Å². The number of hydrogen-bond acceptors (Lipinski definition) is 5. The Morgan fingerprint density at radius 2 is 1.27 bits per heavy atom. The Morgan fingerprint density at radius 3 is 1.91 bits per heavy atom. The standard InChI is InChI=1S/C26H18F2O5/c1-3-25(29)32-14-13-31-19-8-5-17(6-9-19)21-11-7-18(15-23(21)27)22-12-10-20(16-24(22)28)33-26(30)4-2/h3-16H,1-2H2. The summed E-state index contributed by atoms with van der Waals surface area (Å²) >= 11 is 0. The molecule has 0 heterocycles. The van der Waals surface area contributed by atoms with Gasteiger partial charge in [-0.2, -0.15) is 0 Å². The lowest BCUT2D eigenvalue weighted by Crippen LogP contribution is -2.03. The zero-order valence-electron chi connectivity index (χ0n) is 17.3. The molecule has 0 bridgehead atoms. The largest absolute Gasteiger partial charge is 0.462 e. The quantitative estimate of drug-likeness (QED) is 0.184. The number of ether oxygens (including phenoxy) is 3. The van der Waals surface area contributed by atoms with Gasteiger partial charge in [0.25, 0.3) is 0 Å². The van der Waals surface area contributed by atoms with Gasteiger partial charge in [-0.3, -0.25) is 0 Å². The van der Waals surface area contributed by atoms with Crippen molar-refractivity contribution in [3.8, 4) is 33.8 Å². The van der Waals surface area contributed by atoms with Crippen LogP contribution < -0.4 is 9.47 Å². The molecule has 5 nitrogen and oxygen atoms in total. The van der Waals surface area contributed by atoms with Crippen molar-refractivity contribution in [2.45, 2.75) is 0 Å². The Bertz CT molecular complexity index is 1230. The highest BCUT2D eigenvalue weighted by Crippen LogP contribution is 2.31. The fourth-order valence-corrected chi connectivity index (χ4v) is 2.83. The minimum Gasteiger partial charge on any atom is -0.462 e. The molecule has 3 rings (SSSR count). The van der Waals surface area contributed by atoms with E-state index in [0.29, 0.717) is 22.4 Å². The maximum atomic E-state index is 14.8. The van der Waals surface area contributed by atoms with Crippen LogP contribution >= 0.6 is 0 Å². The third-order valence-electron chi connectivity index (χ3n) is 4.38. The number of carbonyl (C=O) groups is 2. The smallest absolute Gasteiger partial charge is 0.335 e. The van der Waals surface area contributed by atoms with Crippen molar-refractivity contribution in [3.63, 3.8) is 0 Å². The number of esters is 2. The van der Waals surface area contributed by atoms with E-state index in [1.165, 1.54) is 24.5 Å². The first-order valence-electron chi connectivity index (χ1n) is 9.60. The Morgan fingerprint density at radius 1 is 0.697 bits per heavy atom. The molecule has 33 heavy (non-hydrogen) atoms. The molecule has 7 heteroatoms. The van der Waals surface area contributed by atoms with Crippen molar-refractivity contribution >= 4 is 11.9 Å². The topological polar surface area (TPSA) is 61.8 Å². The molecule has 0 N–H and O–H groups in total. The molecule has 0 aliphatic heterocycles. The van der Waals surface area contributed by atoms with Crippen molar-refractivity contribution < 1.29 is 32.6 Å². The molecule has 0 aromatic heterocycles. The first kappa shape index (κ1) is 23.1. The van der Waals surface area contributed by atoms with Crippen molar-refractivity contribution in [1.82, 2.24) is 0 Å². The van der Waals surface area contributed by atoms with E-state index in [4.69, 9.17) is 9.47 Å². The summed E-state index contributed by atoms with van der Waals surface area (Å²) in [6, 6.07) is 14.8. The lowest BCUT2D eigenvalue weighted by atomic mass is 9.99. The molecule has 0 fully saturated rings. The molecular weight excluding hydrogens is 430 g/mol. The summed E-state index contributed by atoms with van der Waals surface area (Å²) in [6.07, 6.45) is 4.24. The van der Waals surface area contributed by atoms with E-state index in [1.807, 2.05) is 0 Å². The minimum atomic E-state index is -0.707. The SMILES string of the molecule is C=CC(=O)OC=COc1ccc(-c2ccc(-c3ccc(OC(=O)C=C)cc3F)cc2F)cc1. The monoisotopic (exact) mass is 448 g/mol. The predicted molar refractivity (Wildman–Crippen MR) is 119 cm³/mol. The predicted octanol–water partition coefficient (Wildman–Crippen LogP) is 5.97. The number of rotatable bonds is 8. The molecule has 0 radical (unpaired) electrons. The molecule has 0 amide bonds. The Balaban J connectivity index is 1.74. The van der Waals surface area contributed by atoms with Gasteiger partial charge in [0.1, 0.15) is 35.7 Å². The summed E-state index contributed by atoms with van der Waals surface area (Å²) in [5.41, 5.74) is 1.39. The summed E-state index contributed by atoms with van der Waals surface area (Å²) in [5.74, 6) is -2.06. The van der Waals surface area contributed by atoms with Crippen molar-refractivity contribution in [3.05, 3.63) is 110 Å². The van der Waals surface area contributed by atoms with Gasteiger partial charge >= 0.3 is 11.9 Å². The van der Waals surface area contributed by atoms with Crippen molar-refractivity contribution in [1.29, 1.82) is 0 Å². The molecule has 0 aliphatic carbocycles. The second-order valence-electron chi connectivity index (χ2n) is 6.52. The molecular formula is C26H18F2O5. The van der Waals surface area contributed by atoms with Crippen LogP contribution in [0.4, 0.5) is 8.78 Å². The van der Waals surface area contributed by atoms with Crippen LogP contribution in [0.25, 0.3) is 22.3 Å². The second-order valence-corrected chi connectivity index (χ2v) is 6.52. The van der Waals surface area contributed by atoms with E-state index < -0.39 is 23.6 Å². The molecule has 0 atom stereocenters. The fourth-order valence-electron chi connectivity index (χ4n) is 2.83. The molecule has 3 aromatic rings. The van der Waals surface area contributed by atoms with Crippen LogP contribution in [0.1, 0.15) is 0 Å². The van der Waals surface area contributed by atoms with E-state index in [0.717, 1.165) is 24.5 Å². The molecule has 3 aromatic carbocycles. The normalized spacial score (nSPS) is 10.5. The van der Waals surface area contributed by atoms with Crippen LogP contribution in [-0.4, -0.2) is 11.9 Å². The van der Waals surface area contributed by atoms with Crippen LogP contribution in [0.3, 0.4) is 0 Å². The molecule has 0 spiro atoms. The highest BCUT2D eigenvalue weighted by Gasteiger charge is 2.12. The highest BCUT2D eigenvalue weighted by atomic mass is 19.1. The van der Waals surface area contributed by atoms with Gasteiger partial charge < -0.3 is 14.2 Å². The fraction of sp³-hybridized carbons (Fsp3) is 0. The van der Waals surface area contributed by atoms with Gasteiger partial charge in [-0.1, -0.05) is 37.4 Å². The zero-order valence-corrected chi connectivity index (χ0v) is 17.3. The minimum absolute atomic E-state index is 0.0225. The maximum absolute atomic E-state index is 14.8. The van der Waals surface area contributed by atoms with Crippen LogP contribution in [0.2, 0.25) is 0 Å². The second kappa shape index (κ2) is 10.7. The van der Waals surface area contributed by atoms with Crippen LogP contribution in [-0.2, 0) is 14.3 Å². The molecule has 0 saturated carbocycles. The summed E-state index contributed by atoms with van der Waals surface area (Å²) in [5, 5.41) is 0. The first-order valence-corrected chi connectivity index (χ1v) is 9.60. The Kier molecular flexibility index (Phi) is 7.49. The molecule has 0 unspecified atom stereocenters. The summed E-state index contributed by atoms with van der Waals surface area (Å²) in [7, 11) is 0. The number of halogens is 2. The van der Waals surface area contributed by atoms with Crippen molar-refractivity contribution in [2.24, 2.45) is 0 Å². The summed E-state index contributed by atoms with van der Waals surface area (Å²) in [6.45, 7) is 6.55.